The lowest BCUT2D eigenvalue weighted by molar-refractivity contribution is -0.137. The van der Waals surface area contributed by atoms with Crippen LogP contribution in [0.2, 0.25) is 5.02 Å². The molecule has 0 heterocycles. The third-order valence-electron chi connectivity index (χ3n) is 2.77. The van der Waals surface area contributed by atoms with Crippen molar-refractivity contribution in [1.29, 1.82) is 0 Å². The Hall–Kier alpha value is -1.62. The fourth-order valence-electron chi connectivity index (χ4n) is 1.74. The summed E-state index contributed by atoms with van der Waals surface area (Å²) in [5.74, 6) is 0. The summed E-state index contributed by atoms with van der Waals surface area (Å²) in [5, 5.41) is 0.0718. The Morgan fingerprint density at radius 1 is 0.900 bits per heavy atom. The molecule has 0 radical (unpaired) electrons. The van der Waals surface area contributed by atoms with E-state index in [0.29, 0.717) is 11.1 Å². The normalized spacial score (nSPS) is 11.9. The van der Waals surface area contributed by atoms with Crippen molar-refractivity contribution in [2.24, 2.45) is 0 Å². The first-order valence-corrected chi connectivity index (χ1v) is 5.92. The standard InChI is InChI=1S/C14H8ClF5/c15-12-7-9(13(16)17)3-6-11(12)8-1-4-10(5-2-8)14(18,19)20/h1-7,13H. The number of hydrogen-bond acceptors (Lipinski definition) is 0. The largest absolute Gasteiger partial charge is 0.416 e. The highest BCUT2D eigenvalue weighted by Crippen LogP contribution is 2.34. The molecular formula is C14H8ClF5. The molecule has 2 aromatic rings. The van der Waals surface area contributed by atoms with Crippen molar-refractivity contribution >= 4 is 11.6 Å². The number of alkyl halides is 5. The second-order valence-corrected chi connectivity index (χ2v) is 4.52. The van der Waals surface area contributed by atoms with Crippen LogP contribution in [0.5, 0.6) is 0 Å². The van der Waals surface area contributed by atoms with Gasteiger partial charge in [-0.1, -0.05) is 35.9 Å². The molecular weight excluding hydrogens is 299 g/mol. The molecule has 106 valence electrons. The number of benzene rings is 2. The van der Waals surface area contributed by atoms with Gasteiger partial charge in [-0.2, -0.15) is 13.2 Å². The molecule has 2 rings (SSSR count). The highest BCUT2D eigenvalue weighted by molar-refractivity contribution is 6.33. The molecule has 2 aromatic carbocycles. The maximum Gasteiger partial charge on any atom is 0.416 e. The summed E-state index contributed by atoms with van der Waals surface area (Å²) in [7, 11) is 0. The van der Waals surface area contributed by atoms with Crippen molar-refractivity contribution in [3.8, 4) is 11.1 Å². The van der Waals surface area contributed by atoms with Gasteiger partial charge in [0.1, 0.15) is 0 Å². The van der Waals surface area contributed by atoms with Crippen LogP contribution in [0.1, 0.15) is 17.6 Å². The van der Waals surface area contributed by atoms with Gasteiger partial charge in [-0.15, -0.1) is 0 Å². The van der Waals surface area contributed by atoms with Crippen molar-refractivity contribution in [3.63, 3.8) is 0 Å². The molecule has 0 N–H and O–H groups in total. The van der Waals surface area contributed by atoms with Gasteiger partial charge in [-0.3, -0.25) is 0 Å². The van der Waals surface area contributed by atoms with Gasteiger partial charge in [0.05, 0.1) is 5.56 Å². The van der Waals surface area contributed by atoms with Gasteiger partial charge in [0.15, 0.2) is 0 Å². The quantitative estimate of drug-likeness (QED) is 0.600. The molecule has 0 unspecified atom stereocenters. The van der Waals surface area contributed by atoms with E-state index >= 15 is 0 Å². The minimum atomic E-state index is -4.41. The zero-order valence-corrected chi connectivity index (χ0v) is 10.6. The fraction of sp³-hybridized carbons (Fsp3) is 0.143. The molecule has 0 saturated carbocycles. The predicted octanol–water partition coefficient (Wildman–Crippen LogP) is 5.96. The van der Waals surface area contributed by atoms with Crippen LogP contribution in [0.25, 0.3) is 11.1 Å². The van der Waals surface area contributed by atoms with Crippen LogP contribution in [-0.2, 0) is 6.18 Å². The lowest BCUT2D eigenvalue weighted by Gasteiger charge is -2.10. The van der Waals surface area contributed by atoms with Crippen LogP contribution >= 0.6 is 11.6 Å². The third-order valence-corrected chi connectivity index (χ3v) is 3.08. The summed E-state index contributed by atoms with van der Waals surface area (Å²) in [6.45, 7) is 0. The molecule has 0 saturated heterocycles. The van der Waals surface area contributed by atoms with E-state index < -0.39 is 18.2 Å². The Morgan fingerprint density at radius 3 is 1.95 bits per heavy atom. The molecule has 0 spiro atoms. The Balaban J connectivity index is 2.37. The highest BCUT2D eigenvalue weighted by Gasteiger charge is 2.30. The lowest BCUT2D eigenvalue weighted by Crippen LogP contribution is -2.04. The number of rotatable bonds is 2. The Morgan fingerprint density at radius 2 is 1.50 bits per heavy atom. The molecule has 0 aliphatic heterocycles. The van der Waals surface area contributed by atoms with E-state index in [-0.39, 0.29) is 10.6 Å². The van der Waals surface area contributed by atoms with Crippen LogP contribution in [-0.4, -0.2) is 0 Å². The van der Waals surface area contributed by atoms with E-state index in [2.05, 4.69) is 0 Å². The van der Waals surface area contributed by atoms with Crippen molar-refractivity contribution in [1.82, 2.24) is 0 Å². The van der Waals surface area contributed by atoms with E-state index in [9.17, 15) is 22.0 Å². The van der Waals surface area contributed by atoms with Gasteiger partial charge in [-0.05, 0) is 23.8 Å². The van der Waals surface area contributed by atoms with Crippen molar-refractivity contribution in [3.05, 3.63) is 58.6 Å². The van der Waals surface area contributed by atoms with Gasteiger partial charge >= 0.3 is 6.18 Å². The number of halogens is 6. The van der Waals surface area contributed by atoms with Crippen LogP contribution in [0, 0.1) is 0 Å². The molecule has 0 nitrogen and oxygen atoms in total. The zero-order valence-electron chi connectivity index (χ0n) is 9.89. The molecule has 0 aromatic heterocycles. The van der Waals surface area contributed by atoms with E-state index in [1.165, 1.54) is 24.3 Å². The summed E-state index contributed by atoms with van der Waals surface area (Å²) in [4.78, 5) is 0. The third kappa shape index (κ3) is 3.10. The first-order chi connectivity index (χ1) is 9.29. The monoisotopic (exact) mass is 306 g/mol. The predicted molar refractivity (Wildman–Crippen MR) is 66.8 cm³/mol. The Kier molecular flexibility index (Phi) is 3.99. The average Bonchev–Trinajstić information content (AvgIpc) is 2.37. The second kappa shape index (κ2) is 5.40. The van der Waals surface area contributed by atoms with Crippen molar-refractivity contribution in [2.75, 3.05) is 0 Å². The number of hydrogen-bond donors (Lipinski definition) is 0. The van der Waals surface area contributed by atoms with Gasteiger partial charge in [0.2, 0.25) is 0 Å². The van der Waals surface area contributed by atoms with E-state index in [1.807, 2.05) is 0 Å². The van der Waals surface area contributed by atoms with Crippen molar-refractivity contribution in [2.45, 2.75) is 12.6 Å². The van der Waals surface area contributed by atoms with E-state index in [4.69, 9.17) is 11.6 Å². The molecule has 0 aliphatic carbocycles. The first kappa shape index (κ1) is 14.8. The lowest BCUT2D eigenvalue weighted by atomic mass is 10.0. The maximum absolute atomic E-state index is 12.5. The van der Waals surface area contributed by atoms with Crippen molar-refractivity contribution < 1.29 is 22.0 Å². The van der Waals surface area contributed by atoms with Crippen LogP contribution in [0.4, 0.5) is 22.0 Å². The Bertz CT molecular complexity index is 602. The smallest absolute Gasteiger partial charge is 0.205 e. The summed E-state index contributed by atoms with van der Waals surface area (Å²) in [6, 6.07) is 8.03. The SMILES string of the molecule is FC(F)c1ccc(-c2ccc(C(F)(F)F)cc2)c(Cl)c1. The van der Waals surface area contributed by atoms with Crippen LogP contribution in [0.15, 0.2) is 42.5 Å². The average molecular weight is 307 g/mol. The fourth-order valence-corrected chi connectivity index (χ4v) is 2.04. The summed E-state index contributed by atoms with van der Waals surface area (Å²) >= 11 is 5.88. The Labute approximate surface area is 116 Å². The van der Waals surface area contributed by atoms with Gasteiger partial charge in [0, 0.05) is 16.1 Å². The molecule has 0 fully saturated rings. The summed E-state index contributed by atoms with van der Waals surface area (Å²) < 4.78 is 62.3. The molecule has 20 heavy (non-hydrogen) atoms. The molecule has 0 bridgehead atoms. The van der Waals surface area contributed by atoms with Gasteiger partial charge < -0.3 is 0 Å². The summed E-state index contributed by atoms with van der Waals surface area (Å²) in [5.41, 5.74) is -0.166. The van der Waals surface area contributed by atoms with Gasteiger partial charge in [-0.25, -0.2) is 8.78 Å². The molecule has 0 amide bonds. The second-order valence-electron chi connectivity index (χ2n) is 4.12. The molecule has 0 aliphatic rings. The van der Waals surface area contributed by atoms with Gasteiger partial charge in [0.25, 0.3) is 6.43 Å². The minimum Gasteiger partial charge on any atom is -0.205 e. The topological polar surface area (TPSA) is 0 Å². The highest BCUT2D eigenvalue weighted by atomic mass is 35.5. The minimum absolute atomic E-state index is 0.0718. The molecule has 6 heteroatoms. The summed E-state index contributed by atoms with van der Waals surface area (Å²) in [6.07, 6.45) is -7.06. The van der Waals surface area contributed by atoms with Crippen LogP contribution in [0.3, 0.4) is 0 Å². The van der Waals surface area contributed by atoms with E-state index in [0.717, 1.165) is 18.2 Å². The maximum atomic E-state index is 12.5. The first-order valence-electron chi connectivity index (χ1n) is 5.54. The van der Waals surface area contributed by atoms with E-state index in [1.54, 1.807) is 0 Å². The zero-order chi connectivity index (χ0) is 14.9. The molecule has 0 atom stereocenters. The van der Waals surface area contributed by atoms with Crippen LogP contribution < -0.4 is 0 Å².